The summed E-state index contributed by atoms with van der Waals surface area (Å²) in [5, 5.41) is 0. The predicted molar refractivity (Wildman–Crippen MR) is 117 cm³/mol. The molecule has 0 amide bonds. The molecule has 0 aliphatic rings. The second-order valence-electron chi connectivity index (χ2n) is 7.28. The van der Waals surface area contributed by atoms with Crippen molar-refractivity contribution in [3.05, 3.63) is 84.9 Å². The molecule has 0 aliphatic heterocycles. The normalized spacial score (nSPS) is 11.3. The van der Waals surface area contributed by atoms with Crippen LogP contribution in [-0.2, 0) is 20.4 Å². The Morgan fingerprint density at radius 3 is 1.76 bits per heavy atom. The lowest BCUT2D eigenvalue weighted by Gasteiger charge is -2.23. The number of rotatable bonds is 8. The van der Waals surface area contributed by atoms with Gasteiger partial charge in [0.1, 0.15) is 11.4 Å². The third-order valence-electron chi connectivity index (χ3n) is 4.62. The summed E-state index contributed by atoms with van der Waals surface area (Å²) in [5.74, 6) is 0.305. The summed E-state index contributed by atoms with van der Waals surface area (Å²) < 4.78 is 11.1. The Bertz CT molecular complexity index is 866. The van der Waals surface area contributed by atoms with Crippen molar-refractivity contribution in [2.45, 2.75) is 47.5 Å². The number of benzene rings is 3. The summed E-state index contributed by atoms with van der Waals surface area (Å²) in [7, 11) is -0.197. The van der Waals surface area contributed by atoms with Gasteiger partial charge in [-0.15, -0.1) is 0 Å². The second-order valence-corrected chi connectivity index (χ2v) is 9.31. The summed E-state index contributed by atoms with van der Waals surface area (Å²) in [6.45, 7) is 5.69. The Hall–Kier alpha value is -2.72. The van der Waals surface area contributed by atoms with Gasteiger partial charge < -0.3 is 9.47 Å². The van der Waals surface area contributed by atoms with Gasteiger partial charge in [-0.1, -0.05) is 43.3 Å². The van der Waals surface area contributed by atoms with Crippen molar-refractivity contribution in [3.63, 3.8) is 0 Å². The molecule has 0 aliphatic carbocycles. The van der Waals surface area contributed by atoms with Crippen molar-refractivity contribution in [2.75, 3.05) is 6.61 Å². The van der Waals surface area contributed by atoms with Crippen LogP contribution in [-0.4, -0.2) is 18.2 Å². The molecule has 0 spiro atoms. The fourth-order valence-electron chi connectivity index (χ4n) is 2.75. The van der Waals surface area contributed by atoms with Gasteiger partial charge >= 0.3 is 5.97 Å². The van der Waals surface area contributed by atoms with Crippen LogP contribution in [0.15, 0.2) is 99.6 Å². The molecule has 0 atom stereocenters. The molecule has 150 valence electrons. The third-order valence-corrected chi connectivity index (χ3v) is 6.85. The number of hydrogen-bond donors (Lipinski definition) is 0. The number of hydrogen-bond acceptors (Lipinski definition) is 3. The van der Waals surface area contributed by atoms with E-state index in [-0.39, 0.29) is 23.5 Å². The van der Waals surface area contributed by atoms with E-state index in [4.69, 9.17) is 9.47 Å². The Labute approximate surface area is 176 Å². The van der Waals surface area contributed by atoms with Crippen LogP contribution in [0.5, 0.6) is 5.75 Å². The quantitative estimate of drug-likeness (QED) is 0.345. The average Bonchev–Trinajstić information content (AvgIpc) is 2.75. The molecule has 3 aromatic rings. The zero-order valence-corrected chi connectivity index (χ0v) is 17.9. The van der Waals surface area contributed by atoms with Crippen molar-refractivity contribution in [1.29, 1.82) is 0 Å². The van der Waals surface area contributed by atoms with E-state index < -0.39 is 5.60 Å². The van der Waals surface area contributed by atoms with Crippen LogP contribution < -0.4 is 4.74 Å². The largest absolute Gasteiger partial charge is 0.482 e. The minimum Gasteiger partial charge on any atom is -0.482 e. The van der Waals surface area contributed by atoms with Gasteiger partial charge in [0.25, 0.3) is 0 Å². The van der Waals surface area contributed by atoms with Gasteiger partial charge in [-0.2, -0.15) is 0 Å². The van der Waals surface area contributed by atoms with Gasteiger partial charge in [0, 0.05) is 0 Å². The van der Waals surface area contributed by atoms with Crippen LogP contribution in [0.1, 0.15) is 27.2 Å². The molecule has 0 saturated heterocycles. The molecule has 0 N–H and O–H groups in total. The molecular weight excluding hydrogens is 380 g/mol. The van der Waals surface area contributed by atoms with Gasteiger partial charge in [0.05, 0.1) is 10.9 Å². The van der Waals surface area contributed by atoms with Gasteiger partial charge in [-0.05, 0) is 68.8 Å². The van der Waals surface area contributed by atoms with E-state index >= 15 is 0 Å². The smallest absolute Gasteiger partial charge is 0.344 e. The maximum absolute atomic E-state index is 12.0. The van der Waals surface area contributed by atoms with E-state index in [0.29, 0.717) is 5.75 Å². The van der Waals surface area contributed by atoms with E-state index in [1.807, 2.05) is 45.0 Å². The molecule has 0 heterocycles. The van der Waals surface area contributed by atoms with Crippen molar-refractivity contribution >= 4 is 16.9 Å². The highest BCUT2D eigenvalue weighted by atomic mass is 32.2. The Balaban J connectivity index is 1.74. The van der Waals surface area contributed by atoms with Crippen molar-refractivity contribution in [1.82, 2.24) is 0 Å². The second kappa shape index (κ2) is 9.66. The average molecular weight is 408 g/mol. The first kappa shape index (κ1) is 21.0. The number of carbonyl (C=O) groups excluding carboxylic acids is 1. The van der Waals surface area contributed by atoms with Crippen LogP contribution in [0.2, 0.25) is 0 Å². The van der Waals surface area contributed by atoms with Gasteiger partial charge in [0.2, 0.25) is 0 Å². The highest BCUT2D eigenvalue weighted by Gasteiger charge is 2.28. The van der Waals surface area contributed by atoms with Crippen LogP contribution in [0.4, 0.5) is 0 Å². The molecule has 3 rings (SSSR count). The Morgan fingerprint density at radius 2 is 1.28 bits per heavy atom. The fourth-order valence-corrected chi connectivity index (χ4v) is 4.83. The monoisotopic (exact) mass is 407 g/mol. The van der Waals surface area contributed by atoms with Crippen LogP contribution in [0.25, 0.3) is 0 Å². The lowest BCUT2D eigenvalue weighted by atomic mass is 10.1. The molecule has 4 heteroatoms. The Morgan fingerprint density at radius 1 is 0.793 bits per heavy atom. The SMILES string of the molecule is CCC(C)(C)OC(=O)COc1ccc([S+](c2ccccc2)c2ccccc2)cc1. The molecule has 0 fully saturated rings. The Kier molecular flexibility index (Phi) is 6.99. The molecule has 0 saturated carbocycles. The van der Waals surface area contributed by atoms with Crippen molar-refractivity contribution < 1.29 is 14.3 Å². The predicted octanol–water partition coefficient (Wildman–Crippen LogP) is 5.89. The number of ether oxygens (including phenoxy) is 2. The van der Waals surface area contributed by atoms with E-state index in [0.717, 1.165) is 6.42 Å². The zero-order chi connectivity index (χ0) is 20.7. The molecule has 0 radical (unpaired) electrons. The standard InChI is InChI=1S/C25H27O3S/c1-4-25(2,3)28-24(26)19-27-20-15-17-23(18-16-20)29(21-11-7-5-8-12-21)22-13-9-6-10-14-22/h5-18H,4,19H2,1-3H3/q+1. The van der Waals surface area contributed by atoms with E-state index in [1.165, 1.54) is 14.7 Å². The minimum atomic E-state index is -0.468. The lowest BCUT2D eigenvalue weighted by Crippen LogP contribution is -2.29. The molecule has 3 nitrogen and oxygen atoms in total. The zero-order valence-electron chi connectivity index (χ0n) is 17.1. The van der Waals surface area contributed by atoms with Gasteiger partial charge in [-0.25, -0.2) is 4.79 Å². The topological polar surface area (TPSA) is 35.5 Å². The first-order valence-electron chi connectivity index (χ1n) is 9.77. The highest BCUT2D eigenvalue weighted by molar-refractivity contribution is 7.97. The van der Waals surface area contributed by atoms with Crippen LogP contribution >= 0.6 is 0 Å². The minimum absolute atomic E-state index is 0.0914. The highest BCUT2D eigenvalue weighted by Crippen LogP contribution is 2.31. The summed E-state index contributed by atoms with van der Waals surface area (Å²) in [4.78, 5) is 15.7. The molecule has 29 heavy (non-hydrogen) atoms. The maximum Gasteiger partial charge on any atom is 0.344 e. The van der Waals surface area contributed by atoms with Gasteiger partial charge in [0.15, 0.2) is 21.3 Å². The number of carbonyl (C=O) groups is 1. The molecule has 0 unspecified atom stereocenters. The fraction of sp³-hybridized carbons (Fsp3) is 0.240. The van der Waals surface area contributed by atoms with Crippen molar-refractivity contribution in [3.8, 4) is 5.75 Å². The third kappa shape index (κ3) is 5.88. The van der Waals surface area contributed by atoms with Crippen LogP contribution in [0, 0.1) is 0 Å². The first-order valence-corrected chi connectivity index (χ1v) is 11.0. The lowest BCUT2D eigenvalue weighted by molar-refractivity contribution is -0.159. The molecular formula is C25H27O3S+. The molecule has 0 bridgehead atoms. The van der Waals surface area contributed by atoms with E-state index in [2.05, 4.69) is 60.7 Å². The van der Waals surface area contributed by atoms with E-state index in [1.54, 1.807) is 0 Å². The molecule has 3 aromatic carbocycles. The first-order chi connectivity index (χ1) is 14.0. The maximum atomic E-state index is 12.0. The van der Waals surface area contributed by atoms with Gasteiger partial charge in [-0.3, -0.25) is 0 Å². The summed E-state index contributed by atoms with van der Waals surface area (Å²) in [5.41, 5.74) is -0.468. The summed E-state index contributed by atoms with van der Waals surface area (Å²) in [6.07, 6.45) is 0.759. The molecule has 0 aromatic heterocycles. The van der Waals surface area contributed by atoms with Crippen molar-refractivity contribution in [2.24, 2.45) is 0 Å². The summed E-state index contributed by atoms with van der Waals surface area (Å²) in [6, 6.07) is 28.9. The van der Waals surface area contributed by atoms with Crippen LogP contribution in [0.3, 0.4) is 0 Å². The number of esters is 1. The van der Waals surface area contributed by atoms with E-state index in [9.17, 15) is 4.79 Å². The summed E-state index contributed by atoms with van der Waals surface area (Å²) >= 11 is 0.